The van der Waals surface area contributed by atoms with Gasteiger partial charge in [0.1, 0.15) is 6.29 Å². The van der Waals surface area contributed by atoms with Gasteiger partial charge >= 0.3 is 5.97 Å². The summed E-state index contributed by atoms with van der Waals surface area (Å²) < 4.78 is 0. The lowest BCUT2D eigenvalue weighted by Gasteiger charge is -2.05. The van der Waals surface area contributed by atoms with E-state index in [2.05, 4.69) is 10.3 Å². The highest BCUT2D eigenvalue weighted by Gasteiger charge is 2.12. The minimum Gasteiger partial charge on any atom is -0.478 e. The zero-order chi connectivity index (χ0) is 14.4. The zero-order valence-electron chi connectivity index (χ0n) is 9.79. The smallest absolute Gasteiger partial charge is 0.335 e. The summed E-state index contributed by atoms with van der Waals surface area (Å²) in [5.41, 5.74) is 10.4. The van der Waals surface area contributed by atoms with E-state index in [1.54, 1.807) is 0 Å². The first-order valence-corrected chi connectivity index (χ1v) is 5.14. The van der Waals surface area contributed by atoms with Crippen molar-refractivity contribution in [3.05, 3.63) is 29.3 Å². The number of hydrogen-bond donors (Lipinski definition) is 4. The van der Waals surface area contributed by atoms with Gasteiger partial charge in [0.05, 0.1) is 17.8 Å². The number of carbonyl (C=O) groups excluding carboxylic acids is 2. The Morgan fingerprint density at radius 2 is 1.89 bits per heavy atom. The third kappa shape index (κ3) is 4.11. The Bertz CT molecular complexity index is 550. The minimum atomic E-state index is -1.22. The molecule has 1 amide bonds. The maximum Gasteiger partial charge on any atom is 0.335 e. The summed E-state index contributed by atoms with van der Waals surface area (Å²) in [7, 11) is 0. The number of nitrogens with one attached hydrogen (secondary N) is 1. The van der Waals surface area contributed by atoms with Crippen LogP contribution in [0.5, 0.6) is 0 Å². The third-order valence-electron chi connectivity index (χ3n) is 2.03. The first-order chi connectivity index (χ1) is 8.93. The zero-order valence-corrected chi connectivity index (χ0v) is 9.79. The molecule has 0 atom stereocenters. The summed E-state index contributed by atoms with van der Waals surface area (Å²) in [6.45, 7) is -0.173. The van der Waals surface area contributed by atoms with E-state index < -0.39 is 11.9 Å². The second kappa shape index (κ2) is 6.15. The first kappa shape index (κ1) is 14.2. The molecule has 1 aromatic carbocycles. The third-order valence-corrected chi connectivity index (χ3v) is 2.03. The van der Waals surface area contributed by atoms with Gasteiger partial charge in [0.15, 0.2) is 5.96 Å². The molecule has 6 N–H and O–H groups in total. The van der Waals surface area contributed by atoms with Crippen LogP contribution in [0.25, 0.3) is 0 Å². The Kier molecular flexibility index (Phi) is 4.58. The van der Waals surface area contributed by atoms with Crippen molar-refractivity contribution in [3.63, 3.8) is 0 Å². The first-order valence-electron chi connectivity index (χ1n) is 5.14. The van der Waals surface area contributed by atoms with Gasteiger partial charge < -0.3 is 26.7 Å². The number of nitrogens with two attached hydrogens (primary N) is 2. The van der Waals surface area contributed by atoms with Crippen molar-refractivity contribution in [2.75, 3.05) is 6.54 Å². The summed E-state index contributed by atoms with van der Waals surface area (Å²) in [5.74, 6) is -2.08. The highest BCUT2D eigenvalue weighted by atomic mass is 16.4. The van der Waals surface area contributed by atoms with E-state index in [1.165, 1.54) is 12.1 Å². The second-order valence-corrected chi connectivity index (χ2v) is 3.49. The predicted octanol–water partition coefficient (Wildman–Crippen LogP) is -0.782. The van der Waals surface area contributed by atoms with Crippen LogP contribution in [0.4, 0.5) is 5.69 Å². The van der Waals surface area contributed by atoms with Gasteiger partial charge in [-0.25, -0.2) is 9.79 Å². The largest absolute Gasteiger partial charge is 0.478 e. The van der Waals surface area contributed by atoms with E-state index >= 15 is 0 Å². The molecule has 0 aromatic heterocycles. The molecule has 0 unspecified atom stereocenters. The molecule has 1 aromatic rings. The van der Waals surface area contributed by atoms with E-state index in [4.69, 9.17) is 16.6 Å². The van der Waals surface area contributed by atoms with Crippen molar-refractivity contribution in [2.24, 2.45) is 16.5 Å². The average Bonchev–Trinajstić information content (AvgIpc) is 2.34. The Labute approximate surface area is 108 Å². The SMILES string of the molecule is NC(N)=Nc1cc(C(=O)O)cc(C(=O)NCC=O)c1. The van der Waals surface area contributed by atoms with Gasteiger partial charge in [-0.2, -0.15) is 0 Å². The van der Waals surface area contributed by atoms with Crippen molar-refractivity contribution in [3.8, 4) is 0 Å². The van der Waals surface area contributed by atoms with Gasteiger partial charge in [-0.05, 0) is 18.2 Å². The molecule has 0 radical (unpaired) electrons. The van der Waals surface area contributed by atoms with Gasteiger partial charge in [-0.15, -0.1) is 0 Å². The van der Waals surface area contributed by atoms with Crippen molar-refractivity contribution in [2.45, 2.75) is 0 Å². The van der Waals surface area contributed by atoms with E-state index in [0.29, 0.717) is 6.29 Å². The highest BCUT2D eigenvalue weighted by Crippen LogP contribution is 2.18. The number of aromatic carboxylic acids is 1. The lowest BCUT2D eigenvalue weighted by Crippen LogP contribution is -2.25. The van der Waals surface area contributed by atoms with Gasteiger partial charge in [0.25, 0.3) is 5.91 Å². The lowest BCUT2D eigenvalue weighted by molar-refractivity contribution is -0.107. The Morgan fingerprint density at radius 3 is 2.42 bits per heavy atom. The fourth-order valence-electron chi connectivity index (χ4n) is 1.32. The van der Waals surface area contributed by atoms with Crippen LogP contribution in [0, 0.1) is 0 Å². The summed E-state index contributed by atoms with van der Waals surface area (Å²) >= 11 is 0. The molecule has 0 aliphatic heterocycles. The number of aliphatic imine (C=N–C) groups is 1. The number of nitrogens with zero attached hydrogens (tertiary/aromatic N) is 1. The Morgan fingerprint density at radius 1 is 1.26 bits per heavy atom. The topological polar surface area (TPSA) is 148 Å². The van der Waals surface area contributed by atoms with Crippen LogP contribution >= 0.6 is 0 Å². The van der Waals surface area contributed by atoms with E-state index in [-0.39, 0.29) is 29.3 Å². The predicted molar refractivity (Wildman–Crippen MR) is 67.3 cm³/mol. The van der Waals surface area contributed by atoms with Crippen LogP contribution in [0.3, 0.4) is 0 Å². The van der Waals surface area contributed by atoms with Crippen molar-refractivity contribution in [1.82, 2.24) is 5.32 Å². The molecule has 0 saturated carbocycles. The minimum absolute atomic E-state index is 0.0433. The molecule has 0 aliphatic carbocycles. The van der Waals surface area contributed by atoms with Crippen LogP contribution < -0.4 is 16.8 Å². The fourth-order valence-corrected chi connectivity index (χ4v) is 1.32. The number of hydrogen-bond acceptors (Lipinski definition) is 4. The standard InChI is InChI=1S/C11H12N4O4/c12-11(13)15-8-4-6(9(17)14-1-2-16)3-7(5-8)10(18)19/h2-5H,1H2,(H,14,17)(H,18,19)(H4,12,13,15). The van der Waals surface area contributed by atoms with Crippen LogP contribution in [0.1, 0.15) is 20.7 Å². The molecule has 19 heavy (non-hydrogen) atoms. The lowest BCUT2D eigenvalue weighted by atomic mass is 10.1. The number of aldehydes is 1. The maximum atomic E-state index is 11.6. The highest BCUT2D eigenvalue weighted by molar-refractivity contribution is 5.99. The van der Waals surface area contributed by atoms with Crippen molar-refractivity contribution < 1.29 is 19.5 Å². The number of amides is 1. The normalized spacial score (nSPS) is 9.47. The number of carboxylic acids is 1. The Hall–Kier alpha value is -2.90. The number of carbonyl (C=O) groups is 3. The van der Waals surface area contributed by atoms with Gasteiger partial charge in [0, 0.05) is 5.56 Å². The maximum absolute atomic E-state index is 11.6. The number of benzene rings is 1. The number of rotatable bonds is 5. The molecule has 0 aliphatic rings. The fraction of sp³-hybridized carbons (Fsp3) is 0.0909. The van der Waals surface area contributed by atoms with E-state index in [9.17, 15) is 14.4 Å². The molecule has 8 heteroatoms. The molecule has 0 heterocycles. The molecule has 100 valence electrons. The molecule has 0 spiro atoms. The monoisotopic (exact) mass is 264 g/mol. The van der Waals surface area contributed by atoms with Gasteiger partial charge in [-0.1, -0.05) is 0 Å². The summed E-state index contributed by atoms with van der Waals surface area (Å²) in [4.78, 5) is 36.4. The molecular formula is C11H12N4O4. The van der Waals surface area contributed by atoms with Crippen molar-refractivity contribution in [1.29, 1.82) is 0 Å². The van der Waals surface area contributed by atoms with E-state index in [0.717, 1.165) is 6.07 Å². The van der Waals surface area contributed by atoms with Gasteiger partial charge in [0.2, 0.25) is 0 Å². The molecule has 0 fully saturated rings. The molecule has 8 nitrogen and oxygen atoms in total. The van der Waals surface area contributed by atoms with Gasteiger partial charge in [-0.3, -0.25) is 4.79 Å². The number of guanidine groups is 1. The molecule has 0 bridgehead atoms. The molecule has 0 saturated heterocycles. The average molecular weight is 264 g/mol. The Balaban J connectivity index is 3.20. The summed E-state index contributed by atoms with van der Waals surface area (Å²) in [5, 5.41) is 11.2. The molecular weight excluding hydrogens is 252 g/mol. The van der Waals surface area contributed by atoms with Crippen molar-refractivity contribution >= 4 is 29.8 Å². The van der Waals surface area contributed by atoms with Crippen LogP contribution in [0.2, 0.25) is 0 Å². The summed E-state index contributed by atoms with van der Waals surface area (Å²) in [6.07, 6.45) is 0.510. The van der Waals surface area contributed by atoms with Crippen LogP contribution in [-0.2, 0) is 4.79 Å². The number of carboxylic acid groups (broad SMARTS) is 1. The molecule has 1 rings (SSSR count). The van der Waals surface area contributed by atoms with E-state index in [1.807, 2.05) is 0 Å². The second-order valence-electron chi connectivity index (χ2n) is 3.49. The quantitative estimate of drug-likeness (QED) is 0.311. The van der Waals surface area contributed by atoms with Crippen LogP contribution in [-0.4, -0.2) is 35.8 Å². The van der Waals surface area contributed by atoms with Crippen LogP contribution in [0.15, 0.2) is 23.2 Å². The summed E-state index contributed by atoms with van der Waals surface area (Å²) in [6, 6.07) is 3.69.